The molecular weight excluding hydrogens is 310 g/mol. The van der Waals surface area contributed by atoms with Crippen molar-refractivity contribution in [2.45, 2.75) is 13.5 Å². The Morgan fingerprint density at radius 1 is 1.04 bits per heavy atom. The van der Waals surface area contributed by atoms with E-state index >= 15 is 0 Å². The van der Waals surface area contributed by atoms with Crippen molar-refractivity contribution in [3.8, 4) is 11.1 Å². The van der Waals surface area contributed by atoms with Crippen LogP contribution in [-0.4, -0.2) is 19.7 Å². The molecule has 4 rings (SSSR count). The predicted molar refractivity (Wildman–Crippen MR) is 100 cm³/mol. The highest BCUT2D eigenvalue weighted by Crippen LogP contribution is 2.23. The van der Waals surface area contributed by atoms with Gasteiger partial charge in [-0.25, -0.2) is 9.97 Å². The standard InChI is InChI=1S/C20H19N5/c1-14-6-7-19-18(8-14)20(23-13-22-19)21-10-15-4-3-5-16(9-15)17-11-24-25(2)12-17/h3-9,11-13H,10H2,1-2H3,(H,21,22,23). The van der Waals surface area contributed by atoms with Gasteiger partial charge in [0.25, 0.3) is 0 Å². The number of anilines is 1. The molecule has 25 heavy (non-hydrogen) atoms. The lowest BCUT2D eigenvalue weighted by Gasteiger charge is -2.10. The monoisotopic (exact) mass is 329 g/mol. The summed E-state index contributed by atoms with van der Waals surface area (Å²) in [6.07, 6.45) is 5.51. The van der Waals surface area contributed by atoms with Gasteiger partial charge in [-0.15, -0.1) is 0 Å². The van der Waals surface area contributed by atoms with Gasteiger partial charge >= 0.3 is 0 Å². The Kier molecular flexibility index (Phi) is 3.90. The third-order valence-corrected chi connectivity index (χ3v) is 4.22. The van der Waals surface area contributed by atoms with Gasteiger partial charge < -0.3 is 5.32 Å². The fourth-order valence-corrected chi connectivity index (χ4v) is 2.93. The molecule has 0 radical (unpaired) electrons. The summed E-state index contributed by atoms with van der Waals surface area (Å²) in [4.78, 5) is 8.75. The van der Waals surface area contributed by atoms with Crippen LogP contribution in [0, 0.1) is 6.92 Å². The zero-order valence-electron chi connectivity index (χ0n) is 14.3. The van der Waals surface area contributed by atoms with E-state index in [1.165, 1.54) is 11.1 Å². The highest BCUT2D eigenvalue weighted by molar-refractivity contribution is 5.89. The Hall–Kier alpha value is -3.21. The number of fused-ring (bicyclic) bond motifs is 1. The Bertz CT molecular complexity index is 1040. The Balaban J connectivity index is 1.59. The van der Waals surface area contributed by atoms with Gasteiger partial charge in [-0.3, -0.25) is 4.68 Å². The van der Waals surface area contributed by atoms with Crippen LogP contribution in [-0.2, 0) is 13.6 Å². The van der Waals surface area contributed by atoms with E-state index in [1.54, 1.807) is 6.33 Å². The fraction of sp³-hybridized carbons (Fsp3) is 0.150. The van der Waals surface area contributed by atoms with Crippen molar-refractivity contribution in [3.63, 3.8) is 0 Å². The first-order valence-electron chi connectivity index (χ1n) is 8.22. The summed E-state index contributed by atoms with van der Waals surface area (Å²) >= 11 is 0. The van der Waals surface area contributed by atoms with Crippen LogP contribution >= 0.6 is 0 Å². The van der Waals surface area contributed by atoms with E-state index in [9.17, 15) is 0 Å². The maximum atomic E-state index is 4.41. The second-order valence-electron chi connectivity index (χ2n) is 6.20. The number of benzene rings is 2. The summed E-state index contributed by atoms with van der Waals surface area (Å²) < 4.78 is 1.82. The van der Waals surface area contributed by atoms with Crippen molar-refractivity contribution in [2.24, 2.45) is 7.05 Å². The molecule has 0 aliphatic rings. The van der Waals surface area contributed by atoms with Crippen LogP contribution in [0.1, 0.15) is 11.1 Å². The summed E-state index contributed by atoms with van der Waals surface area (Å²) in [6, 6.07) is 14.7. The molecule has 0 aliphatic carbocycles. The van der Waals surface area contributed by atoms with Gasteiger partial charge in [-0.05, 0) is 36.2 Å². The number of aromatic nitrogens is 4. The van der Waals surface area contributed by atoms with Crippen molar-refractivity contribution in [1.29, 1.82) is 0 Å². The molecule has 0 atom stereocenters. The first-order chi connectivity index (χ1) is 12.2. The van der Waals surface area contributed by atoms with E-state index < -0.39 is 0 Å². The minimum Gasteiger partial charge on any atom is -0.365 e. The number of aryl methyl sites for hydroxylation is 2. The van der Waals surface area contributed by atoms with Gasteiger partial charge in [0.1, 0.15) is 12.1 Å². The van der Waals surface area contributed by atoms with Crippen molar-refractivity contribution in [3.05, 3.63) is 72.3 Å². The highest BCUT2D eigenvalue weighted by Gasteiger charge is 2.05. The van der Waals surface area contributed by atoms with E-state index in [0.717, 1.165) is 27.8 Å². The Labute approximate surface area is 146 Å². The summed E-state index contributed by atoms with van der Waals surface area (Å²) in [5.74, 6) is 0.862. The van der Waals surface area contributed by atoms with Gasteiger partial charge in [-0.2, -0.15) is 5.10 Å². The largest absolute Gasteiger partial charge is 0.365 e. The Morgan fingerprint density at radius 2 is 1.96 bits per heavy atom. The van der Waals surface area contributed by atoms with Crippen molar-refractivity contribution < 1.29 is 0 Å². The molecule has 124 valence electrons. The Morgan fingerprint density at radius 3 is 2.80 bits per heavy atom. The van der Waals surface area contributed by atoms with Crippen LogP contribution in [0.15, 0.2) is 61.2 Å². The van der Waals surface area contributed by atoms with E-state index in [4.69, 9.17) is 0 Å². The zero-order chi connectivity index (χ0) is 17.2. The molecule has 2 heterocycles. The minimum absolute atomic E-state index is 0.703. The predicted octanol–water partition coefficient (Wildman–Crippen LogP) is 3.95. The molecule has 4 aromatic rings. The molecule has 0 unspecified atom stereocenters. The first kappa shape index (κ1) is 15.3. The number of nitrogens with zero attached hydrogens (tertiary/aromatic N) is 4. The summed E-state index contributed by atoms with van der Waals surface area (Å²) in [6.45, 7) is 2.78. The molecule has 2 aromatic heterocycles. The molecule has 0 fully saturated rings. The SMILES string of the molecule is Cc1ccc2ncnc(NCc3cccc(-c4cnn(C)c4)c3)c2c1. The maximum Gasteiger partial charge on any atom is 0.137 e. The van der Waals surface area contributed by atoms with E-state index in [1.807, 2.05) is 30.2 Å². The van der Waals surface area contributed by atoms with Gasteiger partial charge in [0.05, 0.1) is 11.7 Å². The van der Waals surface area contributed by atoms with Crippen molar-refractivity contribution >= 4 is 16.7 Å². The van der Waals surface area contributed by atoms with Crippen LogP contribution < -0.4 is 5.32 Å². The van der Waals surface area contributed by atoms with E-state index in [2.05, 4.69) is 63.7 Å². The molecular formula is C20H19N5. The third kappa shape index (κ3) is 3.21. The average molecular weight is 329 g/mol. The second kappa shape index (κ2) is 6.36. The minimum atomic E-state index is 0.703. The van der Waals surface area contributed by atoms with Crippen LogP contribution in [0.2, 0.25) is 0 Å². The van der Waals surface area contributed by atoms with E-state index in [-0.39, 0.29) is 0 Å². The first-order valence-corrected chi connectivity index (χ1v) is 8.22. The zero-order valence-corrected chi connectivity index (χ0v) is 14.3. The molecule has 0 aliphatic heterocycles. The normalized spacial score (nSPS) is 11.0. The number of rotatable bonds is 4. The molecule has 0 saturated heterocycles. The lowest BCUT2D eigenvalue weighted by Crippen LogP contribution is -2.02. The van der Waals surface area contributed by atoms with Crippen LogP contribution in [0.5, 0.6) is 0 Å². The van der Waals surface area contributed by atoms with Gasteiger partial charge in [-0.1, -0.05) is 29.8 Å². The molecule has 1 N–H and O–H groups in total. The lowest BCUT2D eigenvalue weighted by molar-refractivity contribution is 0.768. The van der Waals surface area contributed by atoms with Gasteiger partial charge in [0, 0.05) is 30.7 Å². The second-order valence-corrected chi connectivity index (χ2v) is 6.20. The number of nitrogens with one attached hydrogen (secondary N) is 1. The van der Waals surface area contributed by atoms with Gasteiger partial charge in [0.15, 0.2) is 0 Å². The van der Waals surface area contributed by atoms with E-state index in [0.29, 0.717) is 6.54 Å². The maximum absolute atomic E-state index is 4.41. The molecule has 0 spiro atoms. The number of hydrogen-bond donors (Lipinski definition) is 1. The number of hydrogen-bond acceptors (Lipinski definition) is 4. The smallest absolute Gasteiger partial charge is 0.137 e. The lowest BCUT2D eigenvalue weighted by atomic mass is 10.1. The highest BCUT2D eigenvalue weighted by atomic mass is 15.2. The molecule has 5 nitrogen and oxygen atoms in total. The summed E-state index contributed by atoms with van der Waals surface area (Å²) in [5.41, 5.74) is 5.63. The molecule has 5 heteroatoms. The summed E-state index contributed by atoms with van der Waals surface area (Å²) in [7, 11) is 1.93. The van der Waals surface area contributed by atoms with Crippen LogP contribution in [0.3, 0.4) is 0 Å². The molecule has 0 amide bonds. The quantitative estimate of drug-likeness (QED) is 0.616. The molecule has 0 saturated carbocycles. The summed E-state index contributed by atoms with van der Waals surface area (Å²) in [5, 5.41) is 8.73. The topological polar surface area (TPSA) is 55.6 Å². The van der Waals surface area contributed by atoms with Crippen LogP contribution in [0.25, 0.3) is 22.0 Å². The fourth-order valence-electron chi connectivity index (χ4n) is 2.93. The van der Waals surface area contributed by atoms with Crippen LogP contribution in [0.4, 0.5) is 5.82 Å². The molecule has 2 aromatic carbocycles. The van der Waals surface area contributed by atoms with Crippen molar-refractivity contribution in [2.75, 3.05) is 5.32 Å². The average Bonchev–Trinajstić information content (AvgIpc) is 3.07. The molecule has 0 bridgehead atoms. The third-order valence-electron chi connectivity index (χ3n) is 4.22. The van der Waals surface area contributed by atoms with Crippen molar-refractivity contribution in [1.82, 2.24) is 19.7 Å². The van der Waals surface area contributed by atoms with Gasteiger partial charge in [0.2, 0.25) is 0 Å².